The predicted molar refractivity (Wildman–Crippen MR) is 71.7 cm³/mol. The van der Waals surface area contributed by atoms with Crippen LogP contribution in [0.25, 0.3) is 0 Å². The Kier molecular flexibility index (Phi) is 4.15. The zero-order valence-electron chi connectivity index (χ0n) is 10.7. The summed E-state index contributed by atoms with van der Waals surface area (Å²) in [5.74, 6) is 0.499. The Balaban J connectivity index is 2.15. The van der Waals surface area contributed by atoms with Crippen molar-refractivity contribution in [3.05, 3.63) is 23.9 Å². The molecule has 1 unspecified atom stereocenters. The third-order valence-electron chi connectivity index (χ3n) is 3.39. The number of anilines is 1. The molecule has 1 saturated heterocycles. The minimum Gasteiger partial charge on any atom is -0.366 e. The van der Waals surface area contributed by atoms with Crippen LogP contribution >= 0.6 is 0 Å². The molecule has 1 atom stereocenters. The number of hydrogen-bond donors (Lipinski definition) is 2. The van der Waals surface area contributed by atoms with Gasteiger partial charge >= 0.3 is 0 Å². The molecule has 0 aliphatic carbocycles. The Morgan fingerprint density at radius 1 is 1.56 bits per heavy atom. The molecule has 3 N–H and O–H groups in total. The molecule has 1 aromatic rings. The van der Waals surface area contributed by atoms with E-state index in [4.69, 9.17) is 5.73 Å². The molecule has 2 heterocycles. The lowest BCUT2D eigenvalue weighted by Gasteiger charge is -2.36. The molecule has 0 saturated carbocycles. The van der Waals surface area contributed by atoms with E-state index in [1.54, 1.807) is 12.3 Å². The van der Waals surface area contributed by atoms with Gasteiger partial charge in [-0.05, 0) is 38.4 Å². The maximum Gasteiger partial charge on any atom is 0.250 e. The number of rotatable bonds is 4. The van der Waals surface area contributed by atoms with Gasteiger partial charge in [0.2, 0.25) is 5.91 Å². The summed E-state index contributed by atoms with van der Waals surface area (Å²) in [4.78, 5) is 17.7. The fourth-order valence-corrected chi connectivity index (χ4v) is 2.45. The second-order valence-electron chi connectivity index (χ2n) is 4.67. The smallest absolute Gasteiger partial charge is 0.250 e. The molecule has 2 rings (SSSR count). The SMILES string of the molecule is CNCC1CCCCN1c1ccc(C(N)=O)cn1. The standard InChI is InChI=1S/C13H20N4O/c1-15-9-11-4-2-3-7-17(11)12-6-5-10(8-16-12)13(14)18/h5-6,8,11,15H,2-4,7,9H2,1H3,(H2,14,18). The first-order valence-electron chi connectivity index (χ1n) is 6.39. The number of carbonyl (C=O) groups is 1. The molecule has 1 amide bonds. The third-order valence-corrected chi connectivity index (χ3v) is 3.39. The van der Waals surface area contributed by atoms with Crippen LogP contribution < -0.4 is 16.0 Å². The molecule has 5 nitrogen and oxygen atoms in total. The summed E-state index contributed by atoms with van der Waals surface area (Å²) in [5, 5.41) is 3.22. The molecule has 98 valence electrons. The summed E-state index contributed by atoms with van der Waals surface area (Å²) in [5.41, 5.74) is 5.67. The molecular formula is C13H20N4O. The van der Waals surface area contributed by atoms with Gasteiger partial charge in [-0.1, -0.05) is 0 Å². The van der Waals surface area contributed by atoms with Gasteiger partial charge in [0.25, 0.3) is 0 Å². The summed E-state index contributed by atoms with van der Waals surface area (Å²) in [6.07, 6.45) is 5.20. The number of nitrogens with two attached hydrogens (primary N) is 1. The van der Waals surface area contributed by atoms with Crippen LogP contribution in [0.4, 0.5) is 5.82 Å². The van der Waals surface area contributed by atoms with E-state index in [1.807, 2.05) is 13.1 Å². The number of aromatic nitrogens is 1. The van der Waals surface area contributed by atoms with Crippen molar-refractivity contribution in [3.8, 4) is 0 Å². The largest absolute Gasteiger partial charge is 0.366 e. The van der Waals surface area contributed by atoms with E-state index < -0.39 is 5.91 Å². The molecule has 0 bridgehead atoms. The highest BCUT2D eigenvalue weighted by Crippen LogP contribution is 2.22. The van der Waals surface area contributed by atoms with Crippen LogP contribution in [0.2, 0.25) is 0 Å². The van der Waals surface area contributed by atoms with Gasteiger partial charge in [-0.15, -0.1) is 0 Å². The zero-order valence-corrected chi connectivity index (χ0v) is 10.7. The van der Waals surface area contributed by atoms with Crippen LogP contribution in [0.5, 0.6) is 0 Å². The van der Waals surface area contributed by atoms with E-state index in [0.717, 1.165) is 18.9 Å². The van der Waals surface area contributed by atoms with E-state index >= 15 is 0 Å². The number of nitrogens with zero attached hydrogens (tertiary/aromatic N) is 2. The van der Waals surface area contributed by atoms with Gasteiger partial charge in [-0.25, -0.2) is 4.98 Å². The van der Waals surface area contributed by atoms with Crippen molar-refractivity contribution in [3.63, 3.8) is 0 Å². The summed E-state index contributed by atoms with van der Waals surface area (Å²) in [7, 11) is 1.97. The Morgan fingerprint density at radius 3 is 3.00 bits per heavy atom. The molecule has 1 fully saturated rings. The fourth-order valence-electron chi connectivity index (χ4n) is 2.45. The first-order chi connectivity index (χ1) is 8.72. The Morgan fingerprint density at radius 2 is 2.39 bits per heavy atom. The lowest BCUT2D eigenvalue weighted by atomic mass is 10.0. The van der Waals surface area contributed by atoms with Gasteiger partial charge < -0.3 is 16.0 Å². The van der Waals surface area contributed by atoms with Gasteiger partial charge in [-0.2, -0.15) is 0 Å². The average Bonchev–Trinajstić information content (AvgIpc) is 2.40. The molecule has 0 spiro atoms. The van der Waals surface area contributed by atoms with E-state index in [1.165, 1.54) is 19.3 Å². The average molecular weight is 248 g/mol. The Bertz CT molecular complexity index is 402. The molecule has 18 heavy (non-hydrogen) atoms. The van der Waals surface area contributed by atoms with Crippen LogP contribution in [0, 0.1) is 0 Å². The number of piperidine rings is 1. The van der Waals surface area contributed by atoms with E-state index in [0.29, 0.717) is 11.6 Å². The van der Waals surface area contributed by atoms with Crippen molar-refractivity contribution in [1.29, 1.82) is 0 Å². The molecule has 0 radical (unpaired) electrons. The third kappa shape index (κ3) is 2.79. The summed E-state index contributed by atoms with van der Waals surface area (Å²) < 4.78 is 0. The second kappa shape index (κ2) is 5.82. The predicted octanol–water partition coefficient (Wildman–Crippen LogP) is 0.759. The maximum atomic E-state index is 11.0. The summed E-state index contributed by atoms with van der Waals surface area (Å²) in [6, 6.07) is 4.11. The van der Waals surface area contributed by atoms with Crippen molar-refractivity contribution in [2.45, 2.75) is 25.3 Å². The number of pyridine rings is 1. The highest BCUT2D eigenvalue weighted by atomic mass is 16.1. The van der Waals surface area contributed by atoms with Crippen molar-refractivity contribution < 1.29 is 4.79 Å². The number of amides is 1. The van der Waals surface area contributed by atoms with Crippen LogP contribution in [0.1, 0.15) is 29.6 Å². The Labute approximate surface area is 107 Å². The molecule has 1 aliphatic heterocycles. The molecule has 5 heteroatoms. The van der Waals surface area contributed by atoms with Crippen LogP contribution in [0.3, 0.4) is 0 Å². The number of likely N-dealkylation sites (N-methyl/N-ethyl adjacent to an activating group) is 1. The molecule has 1 aromatic heterocycles. The minimum absolute atomic E-state index is 0.431. The summed E-state index contributed by atoms with van der Waals surface area (Å²) in [6.45, 7) is 1.98. The van der Waals surface area contributed by atoms with Gasteiger partial charge in [0, 0.05) is 25.3 Å². The molecule has 0 aromatic carbocycles. The maximum absolute atomic E-state index is 11.0. The molecule has 1 aliphatic rings. The van der Waals surface area contributed by atoms with Crippen LogP contribution in [-0.2, 0) is 0 Å². The van der Waals surface area contributed by atoms with Gasteiger partial charge in [-0.3, -0.25) is 4.79 Å². The van der Waals surface area contributed by atoms with E-state index in [9.17, 15) is 4.79 Å². The molecular weight excluding hydrogens is 228 g/mol. The number of primary amides is 1. The second-order valence-corrected chi connectivity index (χ2v) is 4.67. The number of carbonyl (C=O) groups excluding carboxylic acids is 1. The van der Waals surface area contributed by atoms with Crippen LogP contribution in [0.15, 0.2) is 18.3 Å². The monoisotopic (exact) mass is 248 g/mol. The lowest BCUT2D eigenvalue weighted by Crippen LogP contribution is -2.45. The number of hydrogen-bond acceptors (Lipinski definition) is 4. The first kappa shape index (κ1) is 12.8. The highest BCUT2D eigenvalue weighted by Gasteiger charge is 2.22. The lowest BCUT2D eigenvalue weighted by molar-refractivity contribution is 0.1000. The van der Waals surface area contributed by atoms with Crippen molar-refractivity contribution >= 4 is 11.7 Å². The van der Waals surface area contributed by atoms with Crippen molar-refractivity contribution in [1.82, 2.24) is 10.3 Å². The van der Waals surface area contributed by atoms with E-state index in [2.05, 4.69) is 15.2 Å². The first-order valence-corrected chi connectivity index (χ1v) is 6.39. The quantitative estimate of drug-likeness (QED) is 0.825. The highest BCUT2D eigenvalue weighted by molar-refractivity contribution is 5.92. The topological polar surface area (TPSA) is 71.2 Å². The van der Waals surface area contributed by atoms with Crippen molar-refractivity contribution in [2.24, 2.45) is 5.73 Å². The fraction of sp³-hybridized carbons (Fsp3) is 0.538. The minimum atomic E-state index is -0.431. The normalized spacial score (nSPS) is 19.8. The van der Waals surface area contributed by atoms with Gasteiger partial charge in [0.15, 0.2) is 0 Å². The Hall–Kier alpha value is -1.62. The van der Waals surface area contributed by atoms with Crippen molar-refractivity contribution in [2.75, 3.05) is 25.0 Å². The zero-order chi connectivity index (χ0) is 13.0. The van der Waals surface area contributed by atoms with Gasteiger partial charge in [0.05, 0.1) is 5.56 Å². The van der Waals surface area contributed by atoms with Gasteiger partial charge in [0.1, 0.15) is 5.82 Å². The van der Waals surface area contributed by atoms with Crippen LogP contribution in [-0.4, -0.2) is 37.1 Å². The van der Waals surface area contributed by atoms with E-state index in [-0.39, 0.29) is 0 Å². The number of nitrogens with one attached hydrogen (secondary N) is 1. The summed E-state index contributed by atoms with van der Waals surface area (Å²) >= 11 is 0.